The number of halogens is 3. The predicted octanol–water partition coefficient (Wildman–Crippen LogP) is 0.570. The summed E-state index contributed by atoms with van der Waals surface area (Å²) in [5.74, 6) is -0.290. The molecule has 1 aliphatic heterocycles. The normalized spacial score (nSPS) is 26.2. The quantitative estimate of drug-likeness (QED) is 0.786. The van der Waals surface area contributed by atoms with Crippen LogP contribution in [0.5, 0.6) is 0 Å². The molecule has 0 saturated carbocycles. The van der Waals surface area contributed by atoms with Crippen LogP contribution in [0.1, 0.15) is 24.2 Å². The molecule has 5 nitrogen and oxygen atoms in total. The Hall–Kier alpha value is -1.15. The number of nitrogens with one attached hydrogen (secondary N) is 1. The highest BCUT2D eigenvalue weighted by Crippen LogP contribution is 2.24. The fraction of sp³-hybridized carbons (Fsp3) is 0.750. The fourth-order valence-electron chi connectivity index (χ4n) is 1.57. The fourth-order valence-corrected chi connectivity index (χ4v) is 1.57. The van der Waals surface area contributed by atoms with Crippen LogP contribution in [0, 0.1) is 0 Å². The summed E-state index contributed by atoms with van der Waals surface area (Å²) < 4.78 is 40.7. The Kier molecular flexibility index (Phi) is 2.85. The maximum Gasteiger partial charge on any atom is 0.396 e. The number of β-amino-alcohol motifs (C(OH)–C–C–N with tert-alkyl or cyclic N) is 1. The molecule has 2 rings (SSSR count). The van der Waals surface area contributed by atoms with Crippen LogP contribution in [0.25, 0.3) is 0 Å². The maximum absolute atomic E-state index is 12.0. The first-order chi connectivity index (χ1) is 7.44. The molecule has 1 aromatic rings. The van der Waals surface area contributed by atoms with Crippen molar-refractivity contribution < 1.29 is 22.8 Å². The van der Waals surface area contributed by atoms with E-state index in [4.69, 9.17) is 4.52 Å². The molecule has 0 aliphatic carbocycles. The molecule has 2 N–H and O–H groups in total. The Morgan fingerprint density at radius 2 is 2.25 bits per heavy atom. The van der Waals surface area contributed by atoms with Crippen LogP contribution < -0.4 is 5.32 Å². The Morgan fingerprint density at radius 3 is 2.81 bits per heavy atom. The van der Waals surface area contributed by atoms with Crippen molar-refractivity contribution in [3.05, 3.63) is 11.7 Å². The summed E-state index contributed by atoms with van der Waals surface area (Å²) in [6, 6.07) is -0.357. The number of rotatable bonds is 2. The second-order valence-corrected chi connectivity index (χ2v) is 3.69. The molecule has 1 aromatic heterocycles. The summed E-state index contributed by atoms with van der Waals surface area (Å²) in [5.41, 5.74) is 0. The molecule has 0 bridgehead atoms. The van der Waals surface area contributed by atoms with Crippen molar-refractivity contribution in [1.82, 2.24) is 15.5 Å². The predicted molar refractivity (Wildman–Crippen MR) is 45.4 cm³/mol. The lowest BCUT2D eigenvalue weighted by molar-refractivity contribution is -0.128. The van der Waals surface area contributed by atoms with Crippen LogP contribution >= 0.6 is 0 Å². The van der Waals surface area contributed by atoms with Crippen molar-refractivity contribution >= 4 is 0 Å². The summed E-state index contributed by atoms with van der Waals surface area (Å²) in [6.07, 6.45) is -5.70. The van der Waals surface area contributed by atoms with Crippen molar-refractivity contribution in [2.75, 3.05) is 6.54 Å². The molecule has 1 aliphatic rings. The highest BCUT2D eigenvalue weighted by Gasteiger charge is 2.33. The molecule has 8 heteroatoms. The molecule has 2 unspecified atom stereocenters. The first-order valence-electron chi connectivity index (χ1n) is 4.75. The Labute approximate surface area is 88.6 Å². The van der Waals surface area contributed by atoms with E-state index in [2.05, 4.69) is 15.5 Å². The zero-order valence-electron chi connectivity index (χ0n) is 8.16. The van der Waals surface area contributed by atoms with Gasteiger partial charge >= 0.3 is 6.18 Å². The summed E-state index contributed by atoms with van der Waals surface area (Å²) in [5, 5.41) is 15.3. The van der Waals surface area contributed by atoms with Gasteiger partial charge in [0.25, 0.3) is 0 Å². The minimum absolute atomic E-state index is 0.0933. The van der Waals surface area contributed by atoms with E-state index in [1.54, 1.807) is 0 Å². The molecule has 0 spiro atoms. The molecule has 0 radical (unpaired) electrons. The molecule has 1 saturated heterocycles. The van der Waals surface area contributed by atoms with Gasteiger partial charge in [0.2, 0.25) is 5.89 Å². The van der Waals surface area contributed by atoms with Gasteiger partial charge in [-0.15, -0.1) is 0 Å². The van der Waals surface area contributed by atoms with Gasteiger partial charge in [0.15, 0.2) is 5.82 Å². The van der Waals surface area contributed by atoms with Crippen molar-refractivity contribution in [3.63, 3.8) is 0 Å². The number of aliphatic hydroxyl groups excluding tert-OH is 1. The third kappa shape index (κ3) is 2.70. The highest BCUT2D eigenvalue weighted by molar-refractivity contribution is 4.98. The Balaban J connectivity index is 2.02. The lowest BCUT2D eigenvalue weighted by atomic mass is 10.2. The molecular formula is C8H10F3N3O2. The third-order valence-electron chi connectivity index (χ3n) is 2.25. The van der Waals surface area contributed by atoms with Crippen LogP contribution in [0.15, 0.2) is 4.52 Å². The molecule has 2 atom stereocenters. The van der Waals surface area contributed by atoms with Crippen LogP contribution in [-0.2, 0) is 6.42 Å². The van der Waals surface area contributed by atoms with Crippen LogP contribution in [-0.4, -0.2) is 34.1 Å². The Morgan fingerprint density at radius 1 is 1.50 bits per heavy atom. The van der Waals surface area contributed by atoms with Gasteiger partial charge in [0.1, 0.15) is 6.42 Å². The second-order valence-electron chi connectivity index (χ2n) is 3.69. The summed E-state index contributed by atoms with van der Waals surface area (Å²) in [6.45, 7) is 0.377. The van der Waals surface area contributed by atoms with Crippen LogP contribution in [0.4, 0.5) is 13.2 Å². The molecular weight excluding hydrogens is 227 g/mol. The van der Waals surface area contributed by atoms with E-state index in [1.807, 2.05) is 0 Å². The van der Waals surface area contributed by atoms with Crippen molar-refractivity contribution in [2.45, 2.75) is 31.2 Å². The lowest BCUT2D eigenvalue weighted by Gasteiger charge is -2.02. The molecule has 90 valence electrons. The zero-order chi connectivity index (χ0) is 11.8. The van der Waals surface area contributed by atoms with E-state index in [0.717, 1.165) is 0 Å². The molecule has 1 fully saturated rings. The lowest BCUT2D eigenvalue weighted by Crippen LogP contribution is -2.15. The van der Waals surface area contributed by atoms with Gasteiger partial charge < -0.3 is 14.9 Å². The van der Waals surface area contributed by atoms with Gasteiger partial charge in [0.05, 0.1) is 12.1 Å². The van der Waals surface area contributed by atoms with E-state index in [-0.39, 0.29) is 17.8 Å². The van der Waals surface area contributed by atoms with Crippen molar-refractivity contribution in [3.8, 4) is 0 Å². The average Bonchev–Trinajstić information content (AvgIpc) is 2.71. The van der Waals surface area contributed by atoms with Gasteiger partial charge in [-0.3, -0.25) is 0 Å². The Bertz CT molecular complexity index is 366. The van der Waals surface area contributed by atoms with Gasteiger partial charge in [-0.1, -0.05) is 5.16 Å². The van der Waals surface area contributed by atoms with Crippen molar-refractivity contribution in [1.29, 1.82) is 0 Å². The molecule has 0 aromatic carbocycles. The van der Waals surface area contributed by atoms with Gasteiger partial charge in [0, 0.05) is 6.54 Å². The van der Waals surface area contributed by atoms with Crippen LogP contribution in [0.2, 0.25) is 0 Å². The summed E-state index contributed by atoms with van der Waals surface area (Å²) in [4.78, 5) is 3.64. The number of hydrogen-bond acceptors (Lipinski definition) is 5. The minimum atomic E-state index is -4.34. The number of aromatic nitrogens is 2. The van der Waals surface area contributed by atoms with E-state index >= 15 is 0 Å². The number of alkyl halides is 3. The topological polar surface area (TPSA) is 71.2 Å². The molecule has 2 heterocycles. The molecule has 0 amide bonds. The smallest absolute Gasteiger partial charge is 0.392 e. The number of hydrogen-bond donors (Lipinski definition) is 2. The minimum Gasteiger partial charge on any atom is -0.392 e. The standard InChI is InChI=1S/C8H10F3N3O2/c9-8(10,11)2-6-13-7(16-14-6)5-1-4(15)3-12-5/h4-5,12,15H,1-3H2. The first kappa shape index (κ1) is 11.3. The number of aliphatic hydroxyl groups is 1. The SMILES string of the molecule is OC1CNC(c2nc(CC(F)(F)F)no2)C1. The van der Waals surface area contributed by atoms with E-state index in [1.165, 1.54) is 0 Å². The number of nitrogens with zero attached hydrogens (tertiary/aromatic N) is 2. The summed E-state index contributed by atoms with van der Waals surface area (Å²) in [7, 11) is 0. The summed E-state index contributed by atoms with van der Waals surface area (Å²) >= 11 is 0. The van der Waals surface area contributed by atoms with Gasteiger partial charge in [-0.2, -0.15) is 18.2 Å². The van der Waals surface area contributed by atoms with Crippen LogP contribution in [0.3, 0.4) is 0 Å². The third-order valence-corrected chi connectivity index (χ3v) is 2.25. The first-order valence-corrected chi connectivity index (χ1v) is 4.75. The largest absolute Gasteiger partial charge is 0.396 e. The second kappa shape index (κ2) is 4.02. The van der Waals surface area contributed by atoms with E-state index in [9.17, 15) is 18.3 Å². The monoisotopic (exact) mass is 237 g/mol. The average molecular weight is 237 g/mol. The van der Waals surface area contributed by atoms with Crippen molar-refractivity contribution in [2.24, 2.45) is 0 Å². The molecule has 16 heavy (non-hydrogen) atoms. The zero-order valence-corrected chi connectivity index (χ0v) is 8.16. The van der Waals surface area contributed by atoms with E-state index in [0.29, 0.717) is 13.0 Å². The van der Waals surface area contributed by atoms with Gasteiger partial charge in [-0.05, 0) is 6.42 Å². The van der Waals surface area contributed by atoms with E-state index < -0.39 is 18.7 Å². The maximum atomic E-state index is 12.0. The van der Waals surface area contributed by atoms with Gasteiger partial charge in [-0.25, -0.2) is 0 Å². The highest BCUT2D eigenvalue weighted by atomic mass is 19.4.